The molecule has 1 saturated carbocycles. The lowest BCUT2D eigenvalue weighted by molar-refractivity contribution is -0.127. The number of hydrogen-bond acceptors (Lipinski definition) is 2. The fourth-order valence-corrected chi connectivity index (χ4v) is 3.38. The second kappa shape index (κ2) is 5.98. The normalized spacial score (nSPS) is 22.0. The van der Waals surface area contributed by atoms with E-state index in [0.717, 1.165) is 50.2 Å². The molecule has 4 heteroatoms. The van der Waals surface area contributed by atoms with Crippen LogP contribution in [0.1, 0.15) is 31.2 Å². The summed E-state index contributed by atoms with van der Waals surface area (Å²) in [4.78, 5) is 14.9. The van der Waals surface area contributed by atoms with E-state index in [-0.39, 0.29) is 11.3 Å². The van der Waals surface area contributed by atoms with E-state index >= 15 is 0 Å². The number of likely N-dealkylation sites (tertiary alicyclic amines) is 1. The molecule has 1 aromatic rings. The molecule has 1 saturated heterocycles. The summed E-state index contributed by atoms with van der Waals surface area (Å²) in [5, 5.41) is 4.03. The number of nitrogens with zero attached hydrogens (tertiary/aromatic N) is 1. The van der Waals surface area contributed by atoms with Crippen LogP contribution in [-0.4, -0.2) is 37.0 Å². The molecule has 1 heterocycles. The van der Waals surface area contributed by atoms with Gasteiger partial charge in [-0.3, -0.25) is 4.79 Å². The number of carbonyl (C=O) groups is 1. The van der Waals surface area contributed by atoms with Crippen LogP contribution in [0.5, 0.6) is 0 Å². The lowest BCUT2D eigenvalue weighted by Gasteiger charge is -2.30. The monoisotopic (exact) mass is 306 g/mol. The minimum absolute atomic E-state index is 0.173. The molecule has 3 nitrogen and oxygen atoms in total. The highest BCUT2D eigenvalue weighted by atomic mass is 35.5. The number of nitrogens with one attached hydrogen (secondary N) is 1. The lowest BCUT2D eigenvalue weighted by Crippen LogP contribution is -2.46. The first-order valence-electron chi connectivity index (χ1n) is 7.81. The van der Waals surface area contributed by atoms with Gasteiger partial charge in [0.25, 0.3) is 0 Å². The van der Waals surface area contributed by atoms with Gasteiger partial charge in [-0.05, 0) is 69.9 Å². The molecule has 1 amide bonds. The fourth-order valence-electron chi connectivity index (χ4n) is 3.16. The molecule has 2 fully saturated rings. The molecule has 0 unspecified atom stereocenters. The van der Waals surface area contributed by atoms with Gasteiger partial charge in [0.1, 0.15) is 0 Å². The van der Waals surface area contributed by atoms with E-state index < -0.39 is 0 Å². The number of halogens is 1. The largest absolute Gasteiger partial charge is 0.353 e. The third-order valence-corrected chi connectivity index (χ3v) is 5.06. The van der Waals surface area contributed by atoms with Crippen LogP contribution in [0.4, 0.5) is 0 Å². The van der Waals surface area contributed by atoms with Crippen LogP contribution in [0.25, 0.3) is 0 Å². The van der Waals surface area contributed by atoms with Gasteiger partial charge in [0.05, 0.1) is 5.41 Å². The molecule has 0 bridgehead atoms. The van der Waals surface area contributed by atoms with E-state index in [2.05, 4.69) is 23.3 Å². The Hall–Kier alpha value is -1.06. The van der Waals surface area contributed by atoms with E-state index in [1.807, 2.05) is 18.2 Å². The van der Waals surface area contributed by atoms with Crippen molar-refractivity contribution >= 4 is 17.5 Å². The summed E-state index contributed by atoms with van der Waals surface area (Å²) in [5.41, 5.74) is 0.993. The summed E-state index contributed by atoms with van der Waals surface area (Å²) in [6, 6.07) is 8.23. The molecule has 1 aliphatic carbocycles. The highest BCUT2D eigenvalue weighted by molar-refractivity contribution is 6.30. The predicted molar refractivity (Wildman–Crippen MR) is 85.5 cm³/mol. The van der Waals surface area contributed by atoms with E-state index in [9.17, 15) is 4.79 Å². The van der Waals surface area contributed by atoms with E-state index in [0.29, 0.717) is 6.04 Å². The molecular formula is C17H23ClN2O. The van der Waals surface area contributed by atoms with Crippen molar-refractivity contribution in [2.45, 2.75) is 38.1 Å². The maximum atomic E-state index is 12.6. The van der Waals surface area contributed by atoms with Gasteiger partial charge in [-0.2, -0.15) is 0 Å². The Morgan fingerprint density at radius 1 is 1.38 bits per heavy atom. The first-order chi connectivity index (χ1) is 10.1. The molecule has 3 rings (SSSR count). The molecule has 1 aliphatic heterocycles. The van der Waals surface area contributed by atoms with Gasteiger partial charge < -0.3 is 10.2 Å². The van der Waals surface area contributed by atoms with Crippen molar-refractivity contribution in [3.05, 3.63) is 34.9 Å². The summed E-state index contributed by atoms with van der Waals surface area (Å²) in [7, 11) is 2.14. The van der Waals surface area contributed by atoms with Crippen LogP contribution >= 0.6 is 11.6 Å². The quantitative estimate of drug-likeness (QED) is 0.927. The zero-order valence-electron chi connectivity index (χ0n) is 12.6. The first-order valence-corrected chi connectivity index (χ1v) is 8.19. The zero-order valence-corrected chi connectivity index (χ0v) is 13.3. The Kier molecular flexibility index (Phi) is 4.23. The Balaban J connectivity index is 1.59. The summed E-state index contributed by atoms with van der Waals surface area (Å²) in [5.74, 6) is 0.247. The topological polar surface area (TPSA) is 32.3 Å². The van der Waals surface area contributed by atoms with Crippen molar-refractivity contribution in [1.82, 2.24) is 10.2 Å². The number of rotatable bonds is 4. The minimum atomic E-state index is -0.173. The summed E-state index contributed by atoms with van der Waals surface area (Å²) < 4.78 is 0. The summed E-state index contributed by atoms with van der Waals surface area (Å²) >= 11 is 6.04. The minimum Gasteiger partial charge on any atom is -0.353 e. The van der Waals surface area contributed by atoms with Gasteiger partial charge in [0, 0.05) is 11.1 Å². The maximum Gasteiger partial charge on any atom is 0.226 e. The predicted octanol–water partition coefficient (Wildman–Crippen LogP) is 2.87. The summed E-state index contributed by atoms with van der Waals surface area (Å²) in [6.07, 6.45) is 4.94. The molecule has 114 valence electrons. The molecule has 0 atom stereocenters. The molecule has 1 N–H and O–H groups in total. The van der Waals surface area contributed by atoms with Crippen LogP contribution in [-0.2, 0) is 11.2 Å². The second-order valence-electron chi connectivity index (χ2n) is 6.64. The Bertz CT molecular complexity index is 519. The number of hydrogen-bond donors (Lipinski definition) is 1. The average molecular weight is 307 g/mol. The molecule has 0 spiro atoms. The number of amides is 1. The standard InChI is InChI=1S/C17H23ClN2O/c1-20-9-5-15(6-10-20)19-16(21)17(7-8-17)12-13-3-2-4-14(18)11-13/h2-4,11,15H,5-10,12H2,1H3,(H,19,21). The third-order valence-electron chi connectivity index (χ3n) is 4.82. The van der Waals surface area contributed by atoms with Gasteiger partial charge in [-0.1, -0.05) is 23.7 Å². The smallest absolute Gasteiger partial charge is 0.226 e. The van der Waals surface area contributed by atoms with Crippen LogP contribution in [0, 0.1) is 5.41 Å². The number of carbonyl (C=O) groups excluding carboxylic acids is 1. The second-order valence-corrected chi connectivity index (χ2v) is 7.07. The molecular weight excluding hydrogens is 284 g/mol. The van der Waals surface area contributed by atoms with Crippen molar-refractivity contribution in [3.63, 3.8) is 0 Å². The molecule has 2 aliphatic rings. The average Bonchev–Trinajstić information content (AvgIpc) is 3.22. The van der Waals surface area contributed by atoms with Crippen molar-refractivity contribution in [2.24, 2.45) is 5.41 Å². The Morgan fingerprint density at radius 3 is 2.71 bits per heavy atom. The third kappa shape index (κ3) is 3.58. The highest BCUT2D eigenvalue weighted by Crippen LogP contribution is 2.49. The molecule has 0 radical (unpaired) electrons. The Labute approximate surface area is 131 Å². The highest BCUT2D eigenvalue weighted by Gasteiger charge is 2.49. The van der Waals surface area contributed by atoms with Gasteiger partial charge in [0.15, 0.2) is 0 Å². The molecule has 1 aromatic carbocycles. The number of benzene rings is 1. The van der Waals surface area contributed by atoms with Crippen molar-refractivity contribution < 1.29 is 4.79 Å². The molecule has 21 heavy (non-hydrogen) atoms. The number of piperidine rings is 1. The maximum absolute atomic E-state index is 12.6. The van der Waals surface area contributed by atoms with Crippen LogP contribution in [0.3, 0.4) is 0 Å². The Morgan fingerprint density at radius 2 is 2.10 bits per heavy atom. The van der Waals surface area contributed by atoms with E-state index in [1.54, 1.807) is 0 Å². The van der Waals surface area contributed by atoms with Gasteiger partial charge in [-0.15, -0.1) is 0 Å². The fraction of sp³-hybridized carbons (Fsp3) is 0.588. The summed E-state index contributed by atoms with van der Waals surface area (Å²) in [6.45, 7) is 2.15. The van der Waals surface area contributed by atoms with Crippen molar-refractivity contribution in [2.75, 3.05) is 20.1 Å². The van der Waals surface area contributed by atoms with E-state index in [4.69, 9.17) is 11.6 Å². The lowest BCUT2D eigenvalue weighted by atomic mass is 9.94. The van der Waals surface area contributed by atoms with Crippen LogP contribution < -0.4 is 5.32 Å². The first kappa shape index (κ1) is 14.9. The van der Waals surface area contributed by atoms with Crippen LogP contribution in [0.2, 0.25) is 5.02 Å². The van der Waals surface area contributed by atoms with Gasteiger partial charge in [-0.25, -0.2) is 0 Å². The van der Waals surface area contributed by atoms with Crippen molar-refractivity contribution in [3.8, 4) is 0 Å². The van der Waals surface area contributed by atoms with E-state index in [1.165, 1.54) is 5.56 Å². The zero-order chi connectivity index (χ0) is 14.9. The van der Waals surface area contributed by atoms with Crippen molar-refractivity contribution in [1.29, 1.82) is 0 Å². The van der Waals surface area contributed by atoms with Gasteiger partial charge in [0.2, 0.25) is 5.91 Å². The SMILES string of the molecule is CN1CCC(NC(=O)C2(Cc3cccc(Cl)c3)CC2)CC1. The molecule has 0 aromatic heterocycles. The van der Waals surface area contributed by atoms with Gasteiger partial charge >= 0.3 is 0 Å². The van der Waals surface area contributed by atoms with Crippen LogP contribution in [0.15, 0.2) is 24.3 Å².